The molecule has 0 saturated carbocycles. The first-order chi connectivity index (χ1) is 30.7. The topological polar surface area (TPSA) is 77.8 Å². The van der Waals surface area contributed by atoms with Gasteiger partial charge in [-0.3, -0.25) is 0 Å². The first kappa shape index (κ1) is 35.5. The Morgan fingerprint density at radius 2 is 0.581 bits per heavy atom. The normalized spacial score (nSPS) is 11.5. The standard InChI is InChI=1S/C56H34N4O2/c1-3-9-35(10-4-1)37-17-21-39(22-18-37)43-25-27-49-47(31-43)53-55(61-49)51(57-33-59-53)45-15-7-13-41(29-45)42-14-8-16-46(30-42)52-56-54(60-34-58-52)48-32-44(26-28-50(48)62-56)40-23-19-38(20-24-40)36-11-5-2-6-12-36/h1-34H. The molecule has 0 aliphatic heterocycles. The van der Waals surface area contributed by atoms with Gasteiger partial charge in [-0.2, -0.15) is 0 Å². The van der Waals surface area contributed by atoms with E-state index >= 15 is 0 Å². The van der Waals surface area contributed by atoms with Crippen molar-refractivity contribution in [2.75, 3.05) is 0 Å². The number of furan rings is 2. The Morgan fingerprint density at radius 3 is 1.00 bits per heavy atom. The summed E-state index contributed by atoms with van der Waals surface area (Å²) in [7, 11) is 0. The lowest BCUT2D eigenvalue weighted by molar-refractivity contribution is 0.667. The van der Waals surface area contributed by atoms with Gasteiger partial charge in [0, 0.05) is 21.9 Å². The van der Waals surface area contributed by atoms with Gasteiger partial charge in [0.05, 0.1) is 0 Å². The fraction of sp³-hybridized carbons (Fsp3) is 0. The molecule has 0 saturated heterocycles. The van der Waals surface area contributed by atoms with Crippen molar-refractivity contribution in [3.63, 3.8) is 0 Å². The van der Waals surface area contributed by atoms with Crippen LogP contribution in [-0.4, -0.2) is 19.9 Å². The number of fused-ring (bicyclic) bond motifs is 6. The zero-order valence-corrected chi connectivity index (χ0v) is 33.2. The predicted octanol–water partition coefficient (Wildman–Crippen LogP) is 14.7. The van der Waals surface area contributed by atoms with Crippen molar-refractivity contribution < 1.29 is 8.83 Å². The van der Waals surface area contributed by atoms with E-state index in [2.05, 4.69) is 170 Å². The van der Waals surface area contributed by atoms with Crippen molar-refractivity contribution in [3.8, 4) is 78.1 Å². The fourth-order valence-electron chi connectivity index (χ4n) is 8.59. The third-order valence-corrected chi connectivity index (χ3v) is 11.8. The van der Waals surface area contributed by atoms with E-state index in [1.54, 1.807) is 12.7 Å². The molecular formula is C56H34N4O2. The van der Waals surface area contributed by atoms with Crippen molar-refractivity contribution in [2.24, 2.45) is 0 Å². The zero-order valence-electron chi connectivity index (χ0n) is 33.2. The van der Waals surface area contributed by atoms with Gasteiger partial charge < -0.3 is 8.83 Å². The van der Waals surface area contributed by atoms with Crippen LogP contribution in [0.2, 0.25) is 0 Å². The van der Waals surface area contributed by atoms with E-state index in [-0.39, 0.29) is 0 Å². The van der Waals surface area contributed by atoms with E-state index in [0.717, 1.165) is 88.9 Å². The second kappa shape index (κ2) is 14.7. The number of hydrogen-bond donors (Lipinski definition) is 0. The highest BCUT2D eigenvalue weighted by Crippen LogP contribution is 2.39. The average Bonchev–Trinajstić information content (AvgIpc) is 3.93. The van der Waals surface area contributed by atoms with Gasteiger partial charge in [-0.05, 0) is 92.0 Å². The van der Waals surface area contributed by atoms with Crippen LogP contribution in [0, 0.1) is 0 Å². The number of rotatable bonds is 7. The second-order valence-corrected chi connectivity index (χ2v) is 15.5. The molecule has 12 aromatic rings. The summed E-state index contributed by atoms with van der Waals surface area (Å²) in [6.07, 6.45) is 3.25. The Balaban J connectivity index is 0.858. The third-order valence-electron chi connectivity index (χ3n) is 11.8. The summed E-state index contributed by atoms with van der Waals surface area (Å²) in [5.74, 6) is 0. The summed E-state index contributed by atoms with van der Waals surface area (Å²) >= 11 is 0. The van der Waals surface area contributed by atoms with E-state index < -0.39 is 0 Å². The summed E-state index contributed by atoms with van der Waals surface area (Å²) < 4.78 is 13.0. The summed E-state index contributed by atoms with van der Waals surface area (Å²) in [5, 5.41) is 1.90. The van der Waals surface area contributed by atoms with Crippen molar-refractivity contribution in [1.82, 2.24) is 19.9 Å². The maximum absolute atomic E-state index is 6.50. The maximum Gasteiger partial charge on any atom is 0.180 e. The quantitative estimate of drug-likeness (QED) is 0.160. The molecule has 0 amide bonds. The van der Waals surface area contributed by atoms with E-state index in [0.29, 0.717) is 11.2 Å². The molecule has 0 atom stereocenters. The molecule has 6 heteroatoms. The molecule has 290 valence electrons. The van der Waals surface area contributed by atoms with Crippen molar-refractivity contribution in [1.29, 1.82) is 0 Å². The van der Waals surface area contributed by atoms with Crippen LogP contribution in [0.25, 0.3) is 122 Å². The second-order valence-electron chi connectivity index (χ2n) is 15.5. The highest BCUT2D eigenvalue weighted by molar-refractivity contribution is 6.09. The van der Waals surface area contributed by atoms with Gasteiger partial charge in [0.25, 0.3) is 0 Å². The van der Waals surface area contributed by atoms with E-state index in [1.807, 2.05) is 24.3 Å². The van der Waals surface area contributed by atoms with Crippen LogP contribution in [0.15, 0.2) is 216 Å². The molecule has 0 radical (unpaired) electrons. The average molecular weight is 795 g/mol. The molecule has 62 heavy (non-hydrogen) atoms. The van der Waals surface area contributed by atoms with Crippen LogP contribution in [0.4, 0.5) is 0 Å². The molecule has 8 aromatic carbocycles. The lowest BCUT2D eigenvalue weighted by Crippen LogP contribution is -1.89. The largest absolute Gasteiger partial charge is 0.452 e. The van der Waals surface area contributed by atoms with E-state index in [4.69, 9.17) is 28.8 Å². The monoisotopic (exact) mass is 794 g/mol. The lowest BCUT2D eigenvalue weighted by Gasteiger charge is -2.08. The summed E-state index contributed by atoms with van der Waals surface area (Å²) in [6, 6.07) is 67.5. The minimum absolute atomic E-state index is 0.658. The minimum atomic E-state index is 0.658. The van der Waals surface area contributed by atoms with Crippen molar-refractivity contribution in [3.05, 3.63) is 207 Å². The van der Waals surface area contributed by atoms with Gasteiger partial charge in [-0.1, -0.05) is 158 Å². The van der Waals surface area contributed by atoms with Crippen molar-refractivity contribution in [2.45, 2.75) is 0 Å². The van der Waals surface area contributed by atoms with Gasteiger partial charge in [0.15, 0.2) is 11.2 Å². The van der Waals surface area contributed by atoms with Crippen LogP contribution in [0.5, 0.6) is 0 Å². The van der Waals surface area contributed by atoms with Crippen LogP contribution >= 0.6 is 0 Å². The Kier molecular flexibility index (Phi) is 8.38. The predicted molar refractivity (Wildman–Crippen MR) is 250 cm³/mol. The van der Waals surface area contributed by atoms with E-state index in [9.17, 15) is 0 Å². The molecule has 0 unspecified atom stereocenters. The van der Waals surface area contributed by atoms with Gasteiger partial charge >= 0.3 is 0 Å². The molecule has 0 N–H and O–H groups in total. The number of benzene rings is 8. The summed E-state index contributed by atoms with van der Waals surface area (Å²) in [5.41, 5.74) is 19.1. The van der Waals surface area contributed by atoms with E-state index in [1.165, 1.54) is 22.3 Å². The lowest BCUT2D eigenvalue weighted by atomic mass is 9.98. The molecule has 0 fully saturated rings. The Bertz CT molecular complexity index is 3370. The summed E-state index contributed by atoms with van der Waals surface area (Å²) in [6.45, 7) is 0. The Morgan fingerprint density at radius 1 is 0.258 bits per heavy atom. The fourth-order valence-corrected chi connectivity index (χ4v) is 8.59. The van der Waals surface area contributed by atoms with Gasteiger partial charge in [0.1, 0.15) is 46.2 Å². The van der Waals surface area contributed by atoms with Crippen LogP contribution in [0.1, 0.15) is 0 Å². The molecule has 0 bridgehead atoms. The van der Waals surface area contributed by atoms with Gasteiger partial charge in [-0.25, -0.2) is 19.9 Å². The SMILES string of the molecule is c1ccc(-c2ccc(-c3ccc4oc5c(-c6cccc(-c7cccc(-c8ncnc9c8oc8ccc(-c%10ccc(-c%11ccccc%11)cc%10)cc89)c7)c6)ncnc5c4c3)cc2)cc1. The van der Waals surface area contributed by atoms with Crippen LogP contribution in [-0.2, 0) is 0 Å². The third kappa shape index (κ3) is 6.21. The smallest absolute Gasteiger partial charge is 0.180 e. The van der Waals surface area contributed by atoms with Gasteiger partial charge in [0.2, 0.25) is 0 Å². The van der Waals surface area contributed by atoms with Crippen LogP contribution in [0.3, 0.4) is 0 Å². The first-order valence-corrected chi connectivity index (χ1v) is 20.6. The molecular weight excluding hydrogens is 761 g/mol. The number of nitrogens with zero attached hydrogens (tertiary/aromatic N) is 4. The number of hydrogen-bond acceptors (Lipinski definition) is 6. The maximum atomic E-state index is 6.50. The molecule has 0 aliphatic rings. The highest BCUT2D eigenvalue weighted by Gasteiger charge is 2.19. The Hall–Kier alpha value is -8.48. The minimum Gasteiger partial charge on any atom is -0.452 e. The summed E-state index contributed by atoms with van der Waals surface area (Å²) in [4.78, 5) is 18.9. The van der Waals surface area contributed by atoms with Crippen LogP contribution < -0.4 is 0 Å². The molecule has 12 rings (SSSR count). The first-order valence-electron chi connectivity index (χ1n) is 20.6. The number of aromatic nitrogens is 4. The molecule has 0 spiro atoms. The Labute approximate surface area is 356 Å². The molecule has 0 aliphatic carbocycles. The van der Waals surface area contributed by atoms with Gasteiger partial charge in [-0.15, -0.1) is 0 Å². The molecule has 6 nitrogen and oxygen atoms in total. The molecule has 4 aromatic heterocycles. The highest BCUT2D eigenvalue weighted by atomic mass is 16.3. The zero-order chi connectivity index (χ0) is 41.0. The van der Waals surface area contributed by atoms with Crippen molar-refractivity contribution >= 4 is 44.1 Å². The molecule has 4 heterocycles.